The first-order valence-electron chi connectivity index (χ1n) is 7.46. The van der Waals surface area contributed by atoms with E-state index in [4.69, 9.17) is 0 Å². The van der Waals surface area contributed by atoms with Gasteiger partial charge >= 0.3 is 0 Å². The van der Waals surface area contributed by atoms with Gasteiger partial charge in [0.25, 0.3) is 0 Å². The highest BCUT2D eigenvalue weighted by atomic mass is 32.1. The first-order valence-corrected chi connectivity index (χ1v) is 8.34. The van der Waals surface area contributed by atoms with E-state index in [1.54, 1.807) is 11.3 Å². The smallest absolute Gasteiger partial charge is 0.128 e. The number of likely N-dealkylation sites (tertiary alicyclic amines) is 1. The van der Waals surface area contributed by atoms with Crippen LogP contribution in [0.5, 0.6) is 0 Å². The maximum Gasteiger partial charge on any atom is 0.128 e. The average Bonchev–Trinajstić information content (AvgIpc) is 3.00. The van der Waals surface area contributed by atoms with Crippen LogP contribution in [0.1, 0.15) is 29.3 Å². The minimum atomic E-state index is 0.611. The van der Waals surface area contributed by atoms with Crippen LogP contribution in [-0.4, -0.2) is 42.1 Å². The summed E-state index contributed by atoms with van der Waals surface area (Å²) in [6.45, 7) is 3.29. The summed E-state index contributed by atoms with van der Waals surface area (Å²) in [5.41, 5.74) is 1.41. The van der Waals surface area contributed by atoms with Crippen LogP contribution in [0.2, 0.25) is 0 Å². The quantitative estimate of drug-likeness (QED) is 0.869. The monoisotopic (exact) mass is 302 g/mol. The van der Waals surface area contributed by atoms with Crippen molar-refractivity contribution in [3.8, 4) is 0 Å². The highest BCUT2D eigenvalue weighted by molar-refractivity contribution is 7.09. The Morgan fingerprint density at radius 3 is 3.00 bits per heavy atom. The molecule has 1 aliphatic rings. The molecule has 0 amide bonds. The number of pyridine rings is 1. The van der Waals surface area contributed by atoms with Crippen LogP contribution in [0.15, 0.2) is 29.9 Å². The summed E-state index contributed by atoms with van der Waals surface area (Å²) in [6.07, 6.45) is 6.36. The molecule has 0 unspecified atom stereocenters. The molecule has 1 saturated heterocycles. The molecular formula is C16H22N4S. The Hall–Kier alpha value is -1.46. The van der Waals surface area contributed by atoms with Crippen molar-refractivity contribution in [3.05, 3.63) is 40.5 Å². The molecule has 21 heavy (non-hydrogen) atoms. The van der Waals surface area contributed by atoms with E-state index in [1.807, 2.05) is 26.5 Å². The number of anilines is 1. The lowest BCUT2D eigenvalue weighted by Crippen LogP contribution is -2.33. The molecule has 0 aromatic carbocycles. The van der Waals surface area contributed by atoms with Gasteiger partial charge in [-0.1, -0.05) is 0 Å². The minimum absolute atomic E-state index is 0.611. The van der Waals surface area contributed by atoms with Crippen molar-refractivity contribution in [2.45, 2.75) is 25.3 Å². The Balaban J connectivity index is 1.69. The largest absolute Gasteiger partial charge is 0.363 e. The Morgan fingerprint density at radius 1 is 1.33 bits per heavy atom. The highest BCUT2D eigenvalue weighted by Gasteiger charge is 2.22. The van der Waals surface area contributed by atoms with Gasteiger partial charge in [-0.25, -0.2) is 9.97 Å². The normalized spacial score (nSPS) is 19.6. The third kappa shape index (κ3) is 3.60. The number of thiazole rings is 1. The molecule has 112 valence electrons. The number of nitrogens with zero attached hydrogens (tertiary/aromatic N) is 4. The molecule has 1 aliphatic heterocycles. The molecule has 0 radical (unpaired) electrons. The minimum Gasteiger partial charge on any atom is -0.363 e. The summed E-state index contributed by atoms with van der Waals surface area (Å²) in [5, 5.41) is 3.28. The Kier molecular flexibility index (Phi) is 4.51. The Bertz CT molecular complexity index is 567. The van der Waals surface area contributed by atoms with E-state index < -0.39 is 0 Å². The van der Waals surface area contributed by atoms with E-state index in [2.05, 4.69) is 37.3 Å². The Morgan fingerprint density at radius 2 is 2.24 bits per heavy atom. The maximum atomic E-state index is 4.42. The van der Waals surface area contributed by atoms with Crippen molar-refractivity contribution in [2.24, 2.45) is 0 Å². The lowest BCUT2D eigenvalue weighted by Gasteiger charge is -2.32. The molecule has 0 bridgehead atoms. The molecular weight excluding hydrogens is 280 g/mol. The summed E-state index contributed by atoms with van der Waals surface area (Å²) < 4.78 is 0. The van der Waals surface area contributed by atoms with Gasteiger partial charge in [-0.15, -0.1) is 11.3 Å². The fraction of sp³-hybridized carbons (Fsp3) is 0.500. The van der Waals surface area contributed by atoms with Gasteiger partial charge in [0.05, 0.1) is 6.54 Å². The zero-order valence-electron chi connectivity index (χ0n) is 12.7. The van der Waals surface area contributed by atoms with Crippen molar-refractivity contribution in [3.63, 3.8) is 0 Å². The number of aromatic nitrogens is 2. The second-order valence-corrected chi connectivity index (χ2v) is 6.82. The van der Waals surface area contributed by atoms with Crippen LogP contribution in [0.4, 0.5) is 5.82 Å². The van der Waals surface area contributed by atoms with Crippen LogP contribution in [0, 0.1) is 0 Å². The molecule has 0 aliphatic carbocycles. The van der Waals surface area contributed by atoms with Gasteiger partial charge in [-0.2, -0.15) is 0 Å². The van der Waals surface area contributed by atoms with Gasteiger partial charge in [0.2, 0.25) is 0 Å². The maximum absolute atomic E-state index is 4.42. The molecule has 1 atom stereocenters. The lowest BCUT2D eigenvalue weighted by atomic mass is 9.91. The topological polar surface area (TPSA) is 32.3 Å². The zero-order valence-corrected chi connectivity index (χ0v) is 13.5. The number of hydrogen-bond acceptors (Lipinski definition) is 5. The van der Waals surface area contributed by atoms with E-state index in [0.717, 1.165) is 18.9 Å². The Labute approximate surface area is 130 Å². The van der Waals surface area contributed by atoms with Crippen LogP contribution < -0.4 is 4.90 Å². The van der Waals surface area contributed by atoms with Crippen molar-refractivity contribution >= 4 is 17.2 Å². The van der Waals surface area contributed by atoms with Gasteiger partial charge in [-0.3, -0.25) is 4.90 Å². The van der Waals surface area contributed by atoms with Gasteiger partial charge in [0.15, 0.2) is 0 Å². The molecule has 4 nitrogen and oxygen atoms in total. The van der Waals surface area contributed by atoms with E-state index in [1.165, 1.54) is 30.0 Å². The van der Waals surface area contributed by atoms with Crippen LogP contribution in [0.3, 0.4) is 0 Å². The van der Waals surface area contributed by atoms with Gasteiger partial charge in [0, 0.05) is 38.4 Å². The highest BCUT2D eigenvalue weighted by Crippen LogP contribution is 2.29. The second-order valence-electron chi connectivity index (χ2n) is 5.84. The number of piperidine rings is 1. The number of rotatable bonds is 4. The van der Waals surface area contributed by atoms with E-state index in [9.17, 15) is 0 Å². The first kappa shape index (κ1) is 14.5. The van der Waals surface area contributed by atoms with Crippen LogP contribution in [-0.2, 0) is 6.54 Å². The molecule has 0 spiro atoms. The van der Waals surface area contributed by atoms with E-state index in [0.29, 0.717) is 5.92 Å². The summed E-state index contributed by atoms with van der Waals surface area (Å²) in [6, 6.07) is 4.40. The molecule has 0 N–H and O–H groups in total. The average molecular weight is 302 g/mol. The second kappa shape index (κ2) is 6.54. The predicted octanol–water partition coefficient (Wildman–Crippen LogP) is 2.98. The number of hydrogen-bond donors (Lipinski definition) is 0. The molecule has 1 fully saturated rings. The van der Waals surface area contributed by atoms with Crippen LogP contribution >= 0.6 is 11.3 Å². The van der Waals surface area contributed by atoms with Crippen LogP contribution in [0.25, 0.3) is 0 Å². The third-order valence-corrected chi connectivity index (χ3v) is 4.81. The van der Waals surface area contributed by atoms with Crippen molar-refractivity contribution in [1.29, 1.82) is 0 Å². The molecule has 0 saturated carbocycles. The van der Waals surface area contributed by atoms with E-state index >= 15 is 0 Å². The fourth-order valence-electron chi connectivity index (χ4n) is 2.93. The molecule has 3 rings (SSSR count). The molecule has 2 aromatic heterocycles. The van der Waals surface area contributed by atoms with Crippen molar-refractivity contribution in [1.82, 2.24) is 14.9 Å². The molecule has 3 heterocycles. The first-order chi connectivity index (χ1) is 10.2. The van der Waals surface area contributed by atoms with Crippen molar-refractivity contribution < 1.29 is 0 Å². The zero-order chi connectivity index (χ0) is 14.7. The summed E-state index contributed by atoms with van der Waals surface area (Å²) >= 11 is 1.75. The SMILES string of the molecule is CN(C)c1cc([C@@H]2CCCN(Cc3nccs3)C2)ccn1. The summed E-state index contributed by atoms with van der Waals surface area (Å²) in [7, 11) is 4.09. The standard InChI is InChI=1S/C16H22N4S/c1-19(2)15-10-13(5-6-17-15)14-4-3-8-20(11-14)12-16-18-7-9-21-16/h5-7,9-10,14H,3-4,8,11-12H2,1-2H3/t14-/m1/s1. The van der Waals surface area contributed by atoms with E-state index in [-0.39, 0.29) is 0 Å². The third-order valence-electron chi connectivity index (χ3n) is 4.05. The van der Waals surface area contributed by atoms with Gasteiger partial charge in [-0.05, 0) is 43.0 Å². The molecule has 5 heteroatoms. The summed E-state index contributed by atoms with van der Waals surface area (Å²) in [4.78, 5) is 13.4. The fourth-order valence-corrected chi connectivity index (χ4v) is 3.58. The predicted molar refractivity (Wildman–Crippen MR) is 87.9 cm³/mol. The molecule has 2 aromatic rings. The summed E-state index contributed by atoms with van der Waals surface area (Å²) in [5.74, 6) is 1.66. The van der Waals surface area contributed by atoms with Crippen molar-refractivity contribution in [2.75, 3.05) is 32.1 Å². The van der Waals surface area contributed by atoms with Gasteiger partial charge in [0.1, 0.15) is 10.8 Å². The van der Waals surface area contributed by atoms with Gasteiger partial charge < -0.3 is 4.90 Å². The lowest BCUT2D eigenvalue weighted by molar-refractivity contribution is 0.200.